The summed E-state index contributed by atoms with van der Waals surface area (Å²) in [7, 11) is 0. The lowest BCUT2D eigenvalue weighted by molar-refractivity contribution is 0.0261. The van der Waals surface area contributed by atoms with Gasteiger partial charge in [0.2, 0.25) is 0 Å². The third-order valence-electron chi connectivity index (χ3n) is 2.73. The molecule has 0 bridgehead atoms. The Bertz CT molecular complexity index is 426. The summed E-state index contributed by atoms with van der Waals surface area (Å²) in [6.45, 7) is 6.41. The van der Waals surface area contributed by atoms with E-state index in [9.17, 15) is 4.79 Å². The number of ether oxygens (including phenoxy) is 1. The third-order valence-corrected chi connectivity index (χ3v) is 3.51. The molecule has 0 saturated heterocycles. The van der Waals surface area contributed by atoms with Crippen molar-refractivity contribution in [2.24, 2.45) is 0 Å². The fourth-order valence-electron chi connectivity index (χ4n) is 1.53. The van der Waals surface area contributed by atoms with Gasteiger partial charge in [-0.25, -0.2) is 0 Å². The van der Waals surface area contributed by atoms with Crippen LogP contribution < -0.4 is 5.32 Å². The molecule has 1 aromatic rings. The summed E-state index contributed by atoms with van der Waals surface area (Å²) in [5, 5.41) is 3.79. The first-order valence-electron chi connectivity index (χ1n) is 6.37. The molecule has 106 valence electrons. The van der Waals surface area contributed by atoms with Gasteiger partial charge in [-0.1, -0.05) is 37.0 Å². The molecule has 0 heterocycles. The molecule has 1 aromatic carbocycles. The molecule has 1 amide bonds. The van der Waals surface area contributed by atoms with Gasteiger partial charge in [-0.15, -0.1) is 0 Å². The Balaban J connectivity index is 2.77. The average Bonchev–Trinajstić information content (AvgIpc) is 2.39. The summed E-state index contributed by atoms with van der Waals surface area (Å²) in [5.41, 5.74) is 1.22. The van der Waals surface area contributed by atoms with Crippen molar-refractivity contribution in [3.63, 3.8) is 0 Å². The van der Waals surface area contributed by atoms with E-state index in [1.54, 1.807) is 12.1 Å². The van der Waals surface area contributed by atoms with Crippen LogP contribution >= 0.6 is 23.2 Å². The molecule has 0 aromatic heterocycles. The molecule has 1 N–H and O–H groups in total. The number of benzene rings is 1. The quantitative estimate of drug-likeness (QED) is 0.800. The number of rotatable bonds is 6. The zero-order valence-electron chi connectivity index (χ0n) is 11.4. The molecule has 0 spiro atoms. The molecule has 0 aliphatic rings. The van der Waals surface area contributed by atoms with Crippen molar-refractivity contribution in [2.75, 3.05) is 6.61 Å². The summed E-state index contributed by atoms with van der Waals surface area (Å²) in [5.74, 6) is -0.230. The minimum atomic E-state index is -0.286. The monoisotopic (exact) mass is 303 g/mol. The van der Waals surface area contributed by atoms with Gasteiger partial charge in [0.25, 0.3) is 5.91 Å². The molecule has 0 aliphatic heterocycles. The fraction of sp³-hybridized carbons (Fsp3) is 0.500. The number of amides is 1. The van der Waals surface area contributed by atoms with Gasteiger partial charge in [-0.2, -0.15) is 0 Å². The molecule has 0 aliphatic carbocycles. The molecule has 19 heavy (non-hydrogen) atoms. The van der Waals surface area contributed by atoms with Crippen LogP contribution in [0, 0.1) is 6.92 Å². The minimum Gasteiger partial charge on any atom is -0.359 e. The van der Waals surface area contributed by atoms with Crippen molar-refractivity contribution in [1.82, 2.24) is 5.32 Å². The zero-order valence-corrected chi connectivity index (χ0v) is 12.9. The second-order valence-electron chi connectivity index (χ2n) is 4.31. The Morgan fingerprint density at radius 3 is 2.37 bits per heavy atom. The second kappa shape index (κ2) is 7.73. The Kier molecular flexibility index (Phi) is 6.63. The largest absolute Gasteiger partial charge is 0.359 e. The van der Waals surface area contributed by atoms with Gasteiger partial charge in [0.05, 0.1) is 0 Å². The molecule has 5 heteroatoms. The lowest BCUT2D eigenvalue weighted by Gasteiger charge is -2.17. The van der Waals surface area contributed by atoms with E-state index in [0.717, 1.165) is 12.0 Å². The van der Waals surface area contributed by atoms with Crippen LogP contribution in [-0.2, 0) is 4.74 Å². The molecule has 1 atom stereocenters. The summed E-state index contributed by atoms with van der Waals surface area (Å²) >= 11 is 12.0. The van der Waals surface area contributed by atoms with Gasteiger partial charge in [0.15, 0.2) is 0 Å². The van der Waals surface area contributed by atoms with Gasteiger partial charge in [0.1, 0.15) is 6.23 Å². The maximum absolute atomic E-state index is 12.1. The van der Waals surface area contributed by atoms with Crippen LogP contribution in [0.15, 0.2) is 12.1 Å². The lowest BCUT2D eigenvalue weighted by Crippen LogP contribution is -2.36. The van der Waals surface area contributed by atoms with Crippen LogP contribution in [0.3, 0.4) is 0 Å². The van der Waals surface area contributed by atoms with Crippen LogP contribution in [-0.4, -0.2) is 18.7 Å². The first kappa shape index (κ1) is 16.3. The van der Waals surface area contributed by atoms with E-state index in [0.29, 0.717) is 28.6 Å². The van der Waals surface area contributed by atoms with Crippen LogP contribution in [0.1, 0.15) is 42.6 Å². The van der Waals surface area contributed by atoms with E-state index < -0.39 is 0 Å². The van der Waals surface area contributed by atoms with E-state index in [4.69, 9.17) is 27.9 Å². The van der Waals surface area contributed by atoms with Crippen LogP contribution in [0.5, 0.6) is 0 Å². The Morgan fingerprint density at radius 2 is 1.89 bits per heavy atom. The molecule has 0 fully saturated rings. The summed E-state index contributed by atoms with van der Waals surface area (Å²) in [4.78, 5) is 12.1. The minimum absolute atomic E-state index is 0.230. The maximum atomic E-state index is 12.1. The number of carbonyl (C=O) groups excluding carboxylic acids is 1. The van der Waals surface area contributed by atoms with Gasteiger partial charge in [0, 0.05) is 22.2 Å². The van der Waals surface area contributed by atoms with E-state index in [1.165, 1.54) is 0 Å². The number of carbonyl (C=O) groups is 1. The first-order chi connectivity index (χ1) is 8.99. The van der Waals surface area contributed by atoms with E-state index in [-0.39, 0.29) is 12.1 Å². The van der Waals surface area contributed by atoms with Gasteiger partial charge < -0.3 is 10.1 Å². The van der Waals surface area contributed by atoms with Crippen LogP contribution in [0.4, 0.5) is 0 Å². The van der Waals surface area contributed by atoms with Crippen molar-refractivity contribution < 1.29 is 9.53 Å². The van der Waals surface area contributed by atoms with Gasteiger partial charge in [-0.3, -0.25) is 4.79 Å². The highest BCUT2D eigenvalue weighted by molar-refractivity contribution is 6.36. The standard InChI is InChI=1S/C14H19Cl2NO2/c1-4-6-19-13(5-2)17-14(18)10-7-11(15)9(3)12(16)8-10/h7-8,13H,4-6H2,1-3H3,(H,17,18)/t13-/m0/s1. The van der Waals surface area contributed by atoms with E-state index in [2.05, 4.69) is 5.32 Å². The van der Waals surface area contributed by atoms with Crippen molar-refractivity contribution in [1.29, 1.82) is 0 Å². The summed E-state index contributed by atoms with van der Waals surface area (Å²) < 4.78 is 5.52. The van der Waals surface area contributed by atoms with E-state index >= 15 is 0 Å². The highest BCUT2D eigenvalue weighted by Gasteiger charge is 2.14. The number of hydrogen-bond donors (Lipinski definition) is 1. The topological polar surface area (TPSA) is 38.3 Å². The third kappa shape index (κ3) is 4.68. The fourth-order valence-corrected chi connectivity index (χ4v) is 2.01. The predicted molar refractivity (Wildman–Crippen MR) is 79.0 cm³/mol. The molecular weight excluding hydrogens is 285 g/mol. The Labute approximate surface area is 124 Å². The SMILES string of the molecule is CCCO[C@@H](CC)NC(=O)c1cc(Cl)c(C)c(Cl)c1. The first-order valence-corrected chi connectivity index (χ1v) is 7.13. The number of halogens is 2. The highest BCUT2D eigenvalue weighted by Crippen LogP contribution is 2.25. The zero-order chi connectivity index (χ0) is 14.4. The number of nitrogens with one attached hydrogen (secondary N) is 1. The lowest BCUT2D eigenvalue weighted by atomic mass is 10.1. The smallest absolute Gasteiger partial charge is 0.253 e. The molecule has 0 unspecified atom stereocenters. The average molecular weight is 304 g/mol. The molecule has 0 radical (unpaired) electrons. The van der Waals surface area contributed by atoms with Crippen molar-refractivity contribution in [3.05, 3.63) is 33.3 Å². The normalized spacial score (nSPS) is 12.3. The maximum Gasteiger partial charge on any atom is 0.253 e. The molecule has 0 saturated carbocycles. The Hall–Kier alpha value is -0.770. The van der Waals surface area contributed by atoms with Crippen molar-refractivity contribution >= 4 is 29.1 Å². The van der Waals surface area contributed by atoms with Crippen molar-refractivity contribution in [3.8, 4) is 0 Å². The van der Waals surface area contributed by atoms with Crippen LogP contribution in [0.25, 0.3) is 0 Å². The van der Waals surface area contributed by atoms with E-state index in [1.807, 2.05) is 20.8 Å². The molecule has 3 nitrogen and oxygen atoms in total. The number of hydrogen-bond acceptors (Lipinski definition) is 2. The highest BCUT2D eigenvalue weighted by atomic mass is 35.5. The van der Waals surface area contributed by atoms with Crippen molar-refractivity contribution in [2.45, 2.75) is 39.8 Å². The second-order valence-corrected chi connectivity index (χ2v) is 5.12. The Morgan fingerprint density at radius 1 is 1.32 bits per heavy atom. The summed E-state index contributed by atoms with van der Waals surface area (Å²) in [6.07, 6.45) is 1.33. The molecule has 1 rings (SSSR count). The summed E-state index contributed by atoms with van der Waals surface area (Å²) in [6, 6.07) is 3.23. The van der Waals surface area contributed by atoms with Gasteiger partial charge >= 0.3 is 0 Å². The van der Waals surface area contributed by atoms with Gasteiger partial charge in [-0.05, 0) is 37.5 Å². The van der Waals surface area contributed by atoms with Crippen LogP contribution in [0.2, 0.25) is 10.0 Å². The predicted octanol–water partition coefficient (Wildman–Crippen LogP) is 4.19. The molecular formula is C14H19Cl2NO2.